The maximum Gasteiger partial charge on any atom is 0.247 e. The standard InChI is InChI=1S/C15H20N4O3S/c16-7-11-9-23-10-19(11)15(22)12-3-1-6-18(12)14(21)8-17-5-2-4-13(17)20/h11-12H,1-6,8-10H2/t11-,12-/m1/s1. The van der Waals surface area contributed by atoms with Gasteiger partial charge in [-0.25, -0.2) is 0 Å². The van der Waals surface area contributed by atoms with Crippen molar-refractivity contribution >= 4 is 29.5 Å². The molecule has 8 heteroatoms. The third-order valence-corrected chi connectivity index (χ3v) is 5.68. The lowest BCUT2D eigenvalue weighted by Crippen LogP contribution is -2.51. The van der Waals surface area contributed by atoms with Gasteiger partial charge < -0.3 is 14.7 Å². The first-order valence-electron chi connectivity index (χ1n) is 7.97. The molecule has 7 nitrogen and oxygen atoms in total. The van der Waals surface area contributed by atoms with Gasteiger partial charge in [-0.1, -0.05) is 0 Å². The van der Waals surface area contributed by atoms with Gasteiger partial charge in [0.05, 0.1) is 18.5 Å². The summed E-state index contributed by atoms with van der Waals surface area (Å²) in [7, 11) is 0. The molecule has 0 aliphatic carbocycles. The van der Waals surface area contributed by atoms with Crippen molar-refractivity contribution in [3.8, 4) is 6.07 Å². The molecular weight excluding hydrogens is 316 g/mol. The van der Waals surface area contributed by atoms with Crippen molar-refractivity contribution in [2.24, 2.45) is 0 Å². The zero-order valence-corrected chi connectivity index (χ0v) is 13.8. The van der Waals surface area contributed by atoms with Crippen molar-refractivity contribution in [2.75, 3.05) is 31.3 Å². The Labute approximate surface area is 139 Å². The van der Waals surface area contributed by atoms with Crippen LogP contribution in [-0.2, 0) is 14.4 Å². The van der Waals surface area contributed by atoms with Crippen molar-refractivity contribution in [3.05, 3.63) is 0 Å². The largest absolute Gasteiger partial charge is 0.333 e. The molecule has 0 radical (unpaired) electrons. The lowest BCUT2D eigenvalue weighted by molar-refractivity contribution is -0.145. The molecule has 0 spiro atoms. The number of hydrogen-bond donors (Lipinski definition) is 0. The monoisotopic (exact) mass is 336 g/mol. The zero-order valence-electron chi connectivity index (χ0n) is 12.9. The van der Waals surface area contributed by atoms with Gasteiger partial charge in [-0.3, -0.25) is 14.4 Å². The SMILES string of the molecule is N#C[C@@H]1CSCN1C(=O)[C@H]1CCCN1C(=O)CN1CCCC1=O. The van der Waals surface area contributed by atoms with E-state index in [9.17, 15) is 14.4 Å². The second-order valence-electron chi connectivity index (χ2n) is 6.12. The van der Waals surface area contributed by atoms with Crippen LogP contribution in [-0.4, -0.2) is 75.8 Å². The Balaban J connectivity index is 1.65. The predicted octanol–water partition coefficient (Wildman–Crippen LogP) is 0.0249. The Hall–Kier alpha value is -1.75. The van der Waals surface area contributed by atoms with Gasteiger partial charge in [-0.2, -0.15) is 5.26 Å². The van der Waals surface area contributed by atoms with Crippen LogP contribution in [0.1, 0.15) is 25.7 Å². The van der Waals surface area contributed by atoms with Gasteiger partial charge in [0.2, 0.25) is 17.7 Å². The van der Waals surface area contributed by atoms with E-state index in [2.05, 4.69) is 6.07 Å². The van der Waals surface area contributed by atoms with Crippen molar-refractivity contribution in [1.82, 2.24) is 14.7 Å². The molecule has 3 aliphatic heterocycles. The lowest BCUT2D eigenvalue weighted by atomic mass is 10.1. The highest BCUT2D eigenvalue weighted by Gasteiger charge is 2.40. The number of hydrogen-bond acceptors (Lipinski definition) is 5. The molecule has 3 rings (SSSR count). The molecular formula is C15H20N4O3S. The van der Waals surface area contributed by atoms with E-state index in [1.54, 1.807) is 26.5 Å². The van der Waals surface area contributed by atoms with E-state index in [0.717, 1.165) is 12.8 Å². The third-order valence-electron chi connectivity index (χ3n) is 4.67. The Morgan fingerprint density at radius 2 is 2.09 bits per heavy atom. The Morgan fingerprint density at radius 3 is 2.78 bits per heavy atom. The summed E-state index contributed by atoms with van der Waals surface area (Å²) in [4.78, 5) is 41.7. The molecule has 0 aromatic heterocycles. The molecule has 0 N–H and O–H groups in total. The second kappa shape index (κ2) is 6.79. The van der Waals surface area contributed by atoms with Crippen molar-refractivity contribution in [2.45, 2.75) is 37.8 Å². The number of amides is 3. The first-order chi connectivity index (χ1) is 11.1. The molecule has 0 aromatic rings. The minimum Gasteiger partial charge on any atom is -0.333 e. The maximum atomic E-state index is 12.7. The molecule has 124 valence electrons. The Morgan fingerprint density at radius 1 is 1.26 bits per heavy atom. The van der Waals surface area contributed by atoms with Crippen LogP contribution in [0.5, 0.6) is 0 Å². The van der Waals surface area contributed by atoms with Crippen LogP contribution in [0.15, 0.2) is 0 Å². The van der Waals surface area contributed by atoms with Gasteiger partial charge in [-0.15, -0.1) is 11.8 Å². The molecule has 3 heterocycles. The molecule has 3 saturated heterocycles. The fourth-order valence-electron chi connectivity index (χ4n) is 3.41. The molecule has 3 aliphatic rings. The first-order valence-corrected chi connectivity index (χ1v) is 9.12. The lowest BCUT2D eigenvalue weighted by Gasteiger charge is -2.30. The summed E-state index contributed by atoms with van der Waals surface area (Å²) in [5.41, 5.74) is 0. The summed E-state index contributed by atoms with van der Waals surface area (Å²) in [6.45, 7) is 1.24. The van der Waals surface area contributed by atoms with Gasteiger partial charge >= 0.3 is 0 Å². The number of carbonyl (C=O) groups excluding carboxylic acids is 3. The number of nitriles is 1. The molecule has 3 fully saturated rings. The fourth-order valence-corrected chi connectivity index (χ4v) is 4.49. The highest BCUT2D eigenvalue weighted by Crippen LogP contribution is 2.26. The van der Waals surface area contributed by atoms with Gasteiger partial charge in [0.1, 0.15) is 12.1 Å². The van der Waals surface area contributed by atoms with Crippen LogP contribution >= 0.6 is 11.8 Å². The molecule has 0 bridgehead atoms. The van der Waals surface area contributed by atoms with Crippen molar-refractivity contribution < 1.29 is 14.4 Å². The van der Waals surface area contributed by atoms with Crippen molar-refractivity contribution in [1.29, 1.82) is 5.26 Å². The molecule has 0 aromatic carbocycles. The number of nitrogens with zero attached hydrogens (tertiary/aromatic N) is 4. The van der Waals surface area contributed by atoms with Gasteiger partial charge in [0, 0.05) is 25.3 Å². The summed E-state index contributed by atoms with van der Waals surface area (Å²) in [6.07, 6.45) is 2.72. The summed E-state index contributed by atoms with van der Waals surface area (Å²) in [5.74, 6) is 0.878. The molecule has 3 amide bonds. The number of carbonyl (C=O) groups is 3. The topological polar surface area (TPSA) is 84.7 Å². The zero-order chi connectivity index (χ0) is 16.4. The minimum absolute atomic E-state index is 0.0147. The molecule has 23 heavy (non-hydrogen) atoms. The van der Waals surface area contributed by atoms with Crippen LogP contribution in [0.4, 0.5) is 0 Å². The smallest absolute Gasteiger partial charge is 0.247 e. The molecule has 0 unspecified atom stereocenters. The average molecular weight is 336 g/mol. The van der Waals surface area contributed by atoms with E-state index in [1.807, 2.05) is 0 Å². The van der Waals surface area contributed by atoms with E-state index in [-0.39, 0.29) is 24.3 Å². The molecule has 2 atom stereocenters. The van der Waals surface area contributed by atoms with E-state index < -0.39 is 12.1 Å². The quantitative estimate of drug-likeness (QED) is 0.726. The van der Waals surface area contributed by atoms with Crippen LogP contribution in [0, 0.1) is 11.3 Å². The van der Waals surface area contributed by atoms with Crippen LogP contribution < -0.4 is 0 Å². The summed E-state index contributed by atoms with van der Waals surface area (Å²) in [5, 5.41) is 9.14. The highest BCUT2D eigenvalue weighted by molar-refractivity contribution is 7.99. The van der Waals surface area contributed by atoms with E-state index in [1.165, 1.54) is 0 Å². The number of thioether (sulfide) groups is 1. The van der Waals surface area contributed by atoms with Gasteiger partial charge in [-0.05, 0) is 19.3 Å². The normalized spacial score (nSPS) is 27.6. The first kappa shape index (κ1) is 16.1. The average Bonchev–Trinajstić information content (AvgIpc) is 3.27. The minimum atomic E-state index is -0.477. The van der Waals surface area contributed by atoms with Crippen LogP contribution in [0.2, 0.25) is 0 Å². The second-order valence-corrected chi connectivity index (χ2v) is 7.12. The summed E-state index contributed by atoms with van der Waals surface area (Å²) in [6, 6.07) is 1.28. The Bertz CT molecular complexity index is 561. The Kier molecular flexibility index (Phi) is 4.76. The van der Waals surface area contributed by atoms with Gasteiger partial charge in [0.25, 0.3) is 0 Å². The van der Waals surface area contributed by atoms with Crippen molar-refractivity contribution in [3.63, 3.8) is 0 Å². The third kappa shape index (κ3) is 3.15. The maximum absolute atomic E-state index is 12.7. The van der Waals surface area contributed by atoms with E-state index in [0.29, 0.717) is 37.6 Å². The number of likely N-dealkylation sites (tertiary alicyclic amines) is 2. The fraction of sp³-hybridized carbons (Fsp3) is 0.733. The van der Waals surface area contributed by atoms with E-state index in [4.69, 9.17) is 5.26 Å². The summed E-state index contributed by atoms with van der Waals surface area (Å²) >= 11 is 1.56. The number of rotatable bonds is 3. The van der Waals surface area contributed by atoms with Gasteiger partial charge in [0.15, 0.2) is 0 Å². The molecule has 0 saturated carbocycles. The predicted molar refractivity (Wildman–Crippen MR) is 84.1 cm³/mol. The van der Waals surface area contributed by atoms with Crippen LogP contribution in [0.25, 0.3) is 0 Å². The highest BCUT2D eigenvalue weighted by atomic mass is 32.2. The van der Waals surface area contributed by atoms with Crippen LogP contribution in [0.3, 0.4) is 0 Å². The van der Waals surface area contributed by atoms with E-state index >= 15 is 0 Å². The summed E-state index contributed by atoms with van der Waals surface area (Å²) < 4.78 is 0.